The third-order valence-electron chi connectivity index (χ3n) is 4.45. The summed E-state index contributed by atoms with van der Waals surface area (Å²) in [7, 11) is 0. The van der Waals surface area contributed by atoms with Crippen LogP contribution in [-0.2, 0) is 23.7 Å². The molecule has 0 atom stereocenters. The van der Waals surface area contributed by atoms with E-state index in [2.05, 4.69) is 57.0 Å². The van der Waals surface area contributed by atoms with Crippen LogP contribution in [0.15, 0.2) is 12.2 Å². The first kappa shape index (κ1) is 39.8. The number of aliphatic hydroxyl groups excluding tert-OH is 1. The van der Waals surface area contributed by atoms with Crippen molar-refractivity contribution in [3.05, 3.63) is 12.2 Å². The minimum atomic E-state index is 0.0169. The Labute approximate surface area is 227 Å². The molecule has 0 aromatic heterocycles. The molecule has 0 aromatic rings. The van der Waals surface area contributed by atoms with E-state index in [0.29, 0.717) is 77.3 Å². The van der Waals surface area contributed by atoms with Gasteiger partial charge in [-0.15, -0.1) is 0 Å². The summed E-state index contributed by atoms with van der Waals surface area (Å²) in [5, 5.41) is 14.4. The number of aliphatic hydroxyl groups is 1. The number of hydrogen-bond acceptors (Lipinski definition) is 8. The van der Waals surface area contributed by atoms with Crippen LogP contribution in [0.4, 0.5) is 0 Å². The zero-order chi connectivity index (χ0) is 27.9. The maximum Gasteiger partial charge on any atom is 0.222 e. The average Bonchev–Trinajstić information content (AvgIpc) is 2.84. The van der Waals surface area contributed by atoms with Crippen LogP contribution in [0, 0.1) is 5.92 Å². The van der Waals surface area contributed by atoms with Crippen LogP contribution in [0.25, 0.3) is 0 Å². The second kappa shape index (κ2) is 34.3. The molecular formula is C27H58N2O6S. The van der Waals surface area contributed by atoms with E-state index in [1.807, 2.05) is 19.9 Å². The predicted octanol–water partition coefficient (Wildman–Crippen LogP) is 3.87. The Morgan fingerprint density at radius 1 is 0.944 bits per heavy atom. The molecule has 218 valence electrons. The zero-order valence-corrected chi connectivity index (χ0v) is 25.1. The SMILES string of the molecule is CC.CC(C)/C=C/CNC(=O)CCOCCOCCOC1CCC1.CC(C)NCCOCCO.CS. The summed E-state index contributed by atoms with van der Waals surface area (Å²) in [5.74, 6) is 0.530. The van der Waals surface area contributed by atoms with E-state index in [-0.39, 0.29) is 12.5 Å². The van der Waals surface area contributed by atoms with Crippen LogP contribution in [0.5, 0.6) is 0 Å². The first-order chi connectivity index (χ1) is 17.5. The summed E-state index contributed by atoms with van der Waals surface area (Å²) in [6, 6.07) is 0.512. The van der Waals surface area contributed by atoms with E-state index < -0.39 is 0 Å². The van der Waals surface area contributed by atoms with Crippen LogP contribution >= 0.6 is 12.6 Å². The molecule has 1 saturated carbocycles. The van der Waals surface area contributed by atoms with Gasteiger partial charge >= 0.3 is 0 Å². The Kier molecular flexibility index (Phi) is 38.0. The molecule has 1 rings (SSSR count). The van der Waals surface area contributed by atoms with Crippen molar-refractivity contribution in [2.24, 2.45) is 5.92 Å². The van der Waals surface area contributed by atoms with Gasteiger partial charge in [0, 0.05) is 25.6 Å². The maximum atomic E-state index is 11.5. The normalized spacial score (nSPS) is 12.8. The Balaban J connectivity index is -0.000000652. The standard InChI is InChI=1S/C17H31NO4.C7H17NO2.C2H6.CH4S/c1-15(2)5-4-9-18-17(19)8-10-20-11-12-21-13-14-22-16-6-3-7-16;1-7(2)8-3-5-10-6-4-9;2*1-2/h4-5,15-16H,3,6-14H2,1-2H3,(H,18,19);7-9H,3-6H2,1-2H3;1-2H3;2H,1H3/b5-4+;;;. The number of amides is 1. The van der Waals surface area contributed by atoms with Gasteiger partial charge < -0.3 is 34.7 Å². The van der Waals surface area contributed by atoms with E-state index in [1.54, 1.807) is 6.26 Å². The predicted molar refractivity (Wildman–Crippen MR) is 154 cm³/mol. The topological polar surface area (TPSA) is 98.3 Å². The molecule has 3 N–H and O–H groups in total. The molecule has 0 saturated heterocycles. The number of hydrogen-bond donors (Lipinski definition) is 4. The van der Waals surface area contributed by atoms with Crippen molar-refractivity contribution in [2.75, 3.05) is 72.2 Å². The first-order valence-corrected chi connectivity index (χ1v) is 14.4. The molecule has 0 bridgehead atoms. The maximum absolute atomic E-state index is 11.5. The number of allylic oxidation sites excluding steroid dienone is 1. The lowest BCUT2D eigenvalue weighted by atomic mass is 9.96. The average molecular weight is 539 g/mol. The third kappa shape index (κ3) is 35.5. The number of rotatable bonds is 19. The second-order valence-corrected chi connectivity index (χ2v) is 8.32. The molecule has 1 aliphatic rings. The van der Waals surface area contributed by atoms with Crippen molar-refractivity contribution < 1.29 is 28.8 Å². The van der Waals surface area contributed by atoms with Crippen molar-refractivity contribution in [1.82, 2.24) is 10.6 Å². The van der Waals surface area contributed by atoms with E-state index in [0.717, 1.165) is 6.54 Å². The number of carbonyl (C=O) groups is 1. The van der Waals surface area contributed by atoms with Crippen LogP contribution < -0.4 is 10.6 Å². The molecule has 0 spiro atoms. The number of thiol groups is 1. The Morgan fingerprint density at radius 2 is 1.53 bits per heavy atom. The molecule has 0 aromatic carbocycles. The summed E-state index contributed by atoms with van der Waals surface area (Å²) >= 11 is 3.53. The molecule has 1 amide bonds. The van der Waals surface area contributed by atoms with Gasteiger partial charge in [0.1, 0.15) is 0 Å². The third-order valence-corrected chi connectivity index (χ3v) is 4.45. The molecule has 36 heavy (non-hydrogen) atoms. The molecule has 0 unspecified atom stereocenters. The summed E-state index contributed by atoms with van der Waals surface area (Å²) in [6.45, 7) is 17.8. The zero-order valence-electron chi connectivity index (χ0n) is 24.2. The lowest BCUT2D eigenvalue weighted by molar-refractivity contribution is -0.122. The van der Waals surface area contributed by atoms with Gasteiger partial charge in [-0.2, -0.15) is 12.6 Å². The lowest BCUT2D eigenvalue weighted by Gasteiger charge is -2.25. The van der Waals surface area contributed by atoms with Gasteiger partial charge in [-0.05, 0) is 31.4 Å². The van der Waals surface area contributed by atoms with E-state index in [1.165, 1.54) is 19.3 Å². The summed E-state index contributed by atoms with van der Waals surface area (Å²) in [5.41, 5.74) is 0. The number of nitrogens with one attached hydrogen (secondary N) is 2. The van der Waals surface area contributed by atoms with Crippen LogP contribution in [-0.4, -0.2) is 95.4 Å². The molecule has 1 fully saturated rings. The minimum absolute atomic E-state index is 0.0169. The number of carbonyl (C=O) groups excluding carboxylic acids is 1. The highest BCUT2D eigenvalue weighted by Gasteiger charge is 2.17. The van der Waals surface area contributed by atoms with Crippen LogP contribution in [0.3, 0.4) is 0 Å². The van der Waals surface area contributed by atoms with E-state index in [9.17, 15) is 4.79 Å². The van der Waals surface area contributed by atoms with Crippen molar-refractivity contribution >= 4 is 18.5 Å². The highest BCUT2D eigenvalue weighted by Crippen LogP contribution is 2.21. The van der Waals surface area contributed by atoms with Crippen molar-refractivity contribution in [3.63, 3.8) is 0 Å². The second-order valence-electron chi connectivity index (χ2n) is 8.32. The Hall–Kier alpha value is -0.680. The molecule has 0 aliphatic heterocycles. The summed E-state index contributed by atoms with van der Waals surface area (Å²) < 4.78 is 21.4. The fraction of sp³-hybridized carbons (Fsp3) is 0.889. The molecular weight excluding hydrogens is 480 g/mol. The molecule has 0 radical (unpaired) electrons. The lowest BCUT2D eigenvalue weighted by Crippen LogP contribution is -2.26. The molecule has 9 heteroatoms. The minimum Gasteiger partial charge on any atom is -0.394 e. The highest BCUT2D eigenvalue weighted by molar-refractivity contribution is 7.79. The fourth-order valence-electron chi connectivity index (χ4n) is 2.49. The molecule has 0 heterocycles. The smallest absolute Gasteiger partial charge is 0.222 e. The Morgan fingerprint density at radius 3 is 2.06 bits per heavy atom. The monoisotopic (exact) mass is 538 g/mol. The van der Waals surface area contributed by atoms with Crippen LogP contribution in [0.1, 0.15) is 67.2 Å². The van der Waals surface area contributed by atoms with Crippen molar-refractivity contribution in [3.8, 4) is 0 Å². The fourth-order valence-corrected chi connectivity index (χ4v) is 2.49. The van der Waals surface area contributed by atoms with E-state index in [4.69, 9.17) is 24.1 Å². The van der Waals surface area contributed by atoms with Crippen molar-refractivity contribution in [2.45, 2.75) is 79.4 Å². The largest absolute Gasteiger partial charge is 0.394 e. The van der Waals surface area contributed by atoms with Gasteiger partial charge in [0.25, 0.3) is 0 Å². The van der Waals surface area contributed by atoms with Gasteiger partial charge in [-0.1, -0.05) is 53.7 Å². The van der Waals surface area contributed by atoms with Crippen molar-refractivity contribution in [1.29, 1.82) is 0 Å². The Bertz CT molecular complexity index is 450. The van der Waals surface area contributed by atoms with Gasteiger partial charge in [0.15, 0.2) is 0 Å². The van der Waals surface area contributed by atoms with Gasteiger partial charge in [0.2, 0.25) is 5.91 Å². The molecule has 1 aliphatic carbocycles. The number of ether oxygens (including phenoxy) is 4. The highest BCUT2D eigenvalue weighted by atomic mass is 32.1. The van der Waals surface area contributed by atoms with Gasteiger partial charge in [-0.3, -0.25) is 4.79 Å². The van der Waals surface area contributed by atoms with E-state index >= 15 is 0 Å². The first-order valence-electron chi connectivity index (χ1n) is 13.5. The summed E-state index contributed by atoms with van der Waals surface area (Å²) in [4.78, 5) is 11.5. The molecule has 8 nitrogen and oxygen atoms in total. The van der Waals surface area contributed by atoms with Gasteiger partial charge in [-0.25, -0.2) is 0 Å². The summed E-state index contributed by atoms with van der Waals surface area (Å²) in [6.07, 6.45) is 10.3. The quantitative estimate of drug-likeness (QED) is 0.113. The van der Waals surface area contributed by atoms with Crippen LogP contribution in [0.2, 0.25) is 0 Å². The van der Waals surface area contributed by atoms with Gasteiger partial charge in [0.05, 0.1) is 59.0 Å².